The predicted octanol–water partition coefficient (Wildman–Crippen LogP) is 4.70. The molecule has 2 unspecified atom stereocenters. The topological polar surface area (TPSA) is 21.8 Å². The molecule has 19 heavy (non-hydrogen) atoms. The van der Waals surface area contributed by atoms with Gasteiger partial charge in [0.2, 0.25) is 0 Å². The summed E-state index contributed by atoms with van der Waals surface area (Å²) in [5, 5.41) is 0.743. The molecule has 0 aromatic heterocycles. The Balaban J connectivity index is 1.59. The van der Waals surface area contributed by atoms with E-state index in [4.69, 9.17) is 21.1 Å². The summed E-state index contributed by atoms with van der Waals surface area (Å²) in [6.45, 7) is 7.36. The highest BCUT2D eigenvalue weighted by Gasteiger charge is 2.46. The molecule has 106 valence electrons. The summed E-state index contributed by atoms with van der Waals surface area (Å²) in [5.74, 6) is 1.57. The third-order valence-electron chi connectivity index (χ3n) is 3.78. The van der Waals surface area contributed by atoms with Crippen molar-refractivity contribution in [3.8, 4) is 5.75 Å². The lowest BCUT2D eigenvalue weighted by atomic mass is 9.98. The van der Waals surface area contributed by atoms with Crippen LogP contribution in [0, 0.1) is 5.92 Å². The molecule has 1 aliphatic heterocycles. The molecule has 1 aromatic carbocycles. The minimum absolute atomic E-state index is 0.125. The smallest absolute Gasteiger partial charge is 0.119 e. The van der Waals surface area contributed by atoms with E-state index >= 15 is 0 Å². The molecular formula is C16H23ClO2. The molecule has 0 N–H and O–H groups in total. The molecule has 0 spiro atoms. The van der Waals surface area contributed by atoms with Crippen molar-refractivity contribution in [2.24, 2.45) is 5.92 Å². The standard InChI is InChI=1S/C16H23ClO2/c1-12(4-9-15-16(2,3)19-15)10-11-18-14-7-5-13(17)6-8-14/h5-8,12,15H,4,9-11H2,1-3H3. The van der Waals surface area contributed by atoms with E-state index in [1.54, 1.807) is 0 Å². The number of hydrogen-bond donors (Lipinski definition) is 0. The quantitative estimate of drug-likeness (QED) is 0.676. The summed E-state index contributed by atoms with van der Waals surface area (Å²) < 4.78 is 11.3. The van der Waals surface area contributed by atoms with E-state index in [0.717, 1.165) is 30.2 Å². The Hall–Kier alpha value is -0.730. The van der Waals surface area contributed by atoms with Gasteiger partial charge in [0.1, 0.15) is 5.75 Å². The van der Waals surface area contributed by atoms with Crippen LogP contribution in [0.2, 0.25) is 5.02 Å². The van der Waals surface area contributed by atoms with Gasteiger partial charge in [0, 0.05) is 5.02 Å². The van der Waals surface area contributed by atoms with Crippen molar-refractivity contribution in [3.05, 3.63) is 29.3 Å². The van der Waals surface area contributed by atoms with Crippen molar-refractivity contribution in [1.82, 2.24) is 0 Å². The second-order valence-corrected chi connectivity index (χ2v) is 6.42. The van der Waals surface area contributed by atoms with Crippen LogP contribution >= 0.6 is 11.6 Å². The fourth-order valence-corrected chi connectivity index (χ4v) is 2.35. The van der Waals surface area contributed by atoms with Gasteiger partial charge in [-0.05, 0) is 63.3 Å². The van der Waals surface area contributed by atoms with Crippen LogP contribution in [-0.4, -0.2) is 18.3 Å². The van der Waals surface area contributed by atoms with Gasteiger partial charge in [-0.25, -0.2) is 0 Å². The van der Waals surface area contributed by atoms with Crippen LogP contribution < -0.4 is 4.74 Å². The average molecular weight is 283 g/mol. The van der Waals surface area contributed by atoms with E-state index in [-0.39, 0.29) is 5.60 Å². The minimum atomic E-state index is 0.125. The third kappa shape index (κ3) is 4.70. The van der Waals surface area contributed by atoms with Gasteiger partial charge in [0.05, 0.1) is 18.3 Å². The molecule has 0 amide bonds. The molecule has 1 fully saturated rings. The molecular weight excluding hydrogens is 260 g/mol. The van der Waals surface area contributed by atoms with Gasteiger partial charge in [0.15, 0.2) is 0 Å². The summed E-state index contributed by atoms with van der Waals surface area (Å²) in [7, 11) is 0. The number of hydrogen-bond acceptors (Lipinski definition) is 2. The summed E-state index contributed by atoms with van der Waals surface area (Å²) >= 11 is 5.83. The molecule has 3 heteroatoms. The zero-order valence-corrected chi connectivity index (χ0v) is 12.7. The van der Waals surface area contributed by atoms with Crippen molar-refractivity contribution in [1.29, 1.82) is 0 Å². The Labute approximate surface area is 121 Å². The zero-order chi connectivity index (χ0) is 13.9. The predicted molar refractivity (Wildman–Crippen MR) is 78.9 cm³/mol. The average Bonchev–Trinajstić information content (AvgIpc) is 2.97. The molecule has 1 aromatic rings. The first-order valence-corrected chi connectivity index (χ1v) is 7.41. The second-order valence-electron chi connectivity index (χ2n) is 5.98. The Kier molecular flexibility index (Phi) is 4.75. The van der Waals surface area contributed by atoms with E-state index < -0.39 is 0 Å². The molecule has 2 rings (SSSR count). The third-order valence-corrected chi connectivity index (χ3v) is 4.03. The first-order valence-electron chi connectivity index (χ1n) is 7.03. The zero-order valence-electron chi connectivity index (χ0n) is 12.0. The lowest BCUT2D eigenvalue weighted by Gasteiger charge is -2.12. The molecule has 0 saturated carbocycles. The molecule has 0 radical (unpaired) electrons. The largest absolute Gasteiger partial charge is 0.494 e. The highest BCUT2D eigenvalue weighted by Crippen LogP contribution is 2.39. The Morgan fingerprint density at radius 2 is 1.89 bits per heavy atom. The first-order chi connectivity index (χ1) is 8.97. The van der Waals surface area contributed by atoms with Crippen molar-refractivity contribution in [2.45, 2.75) is 51.7 Å². The van der Waals surface area contributed by atoms with Gasteiger partial charge >= 0.3 is 0 Å². The normalized spacial score (nSPS) is 22.0. The SMILES string of the molecule is CC(CCOc1ccc(Cl)cc1)CCC1OC1(C)C. The lowest BCUT2D eigenvalue weighted by Crippen LogP contribution is -2.08. The van der Waals surface area contributed by atoms with E-state index in [9.17, 15) is 0 Å². The van der Waals surface area contributed by atoms with Gasteiger partial charge < -0.3 is 9.47 Å². The summed E-state index contributed by atoms with van der Waals surface area (Å²) in [4.78, 5) is 0. The van der Waals surface area contributed by atoms with Gasteiger partial charge in [-0.3, -0.25) is 0 Å². The van der Waals surface area contributed by atoms with E-state index in [1.807, 2.05) is 24.3 Å². The molecule has 1 aliphatic rings. The number of benzene rings is 1. The maximum atomic E-state index is 5.83. The van der Waals surface area contributed by atoms with Crippen molar-refractivity contribution in [3.63, 3.8) is 0 Å². The molecule has 1 heterocycles. The van der Waals surface area contributed by atoms with E-state index in [0.29, 0.717) is 12.0 Å². The lowest BCUT2D eigenvalue weighted by molar-refractivity contribution is 0.271. The van der Waals surface area contributed by atoms with Crippen LogP contribution in [0.3, 0.4) is 0 Å². The van der Waals surface area contributed by atoms with Gasteiger partial charge in [-0.2, -0.15) is 0 Å². The number of rotatable bonds is 7. The van der Waals surface area contributed by atoms with Crippen LogP contribution in [0.15, 0.2) is 24.3 Å². The van der Waals surface area contributed by atoms with Gasteiger partial charge in [-0.15, -0.1) is 0 Å². The van der Waals surface area contributed by atoms with Crippen LogP contribution in [-0.2, 0) is 4.74 Å². The molecule has 1 saturated heterocycles. The van der Waals surface area contributed by atoms with Crippen LogP contribution in [0.4, 0.5) is 0 Å². The van der Waals surface area contributed by atoms with Crippen LogP contribution in [0.1, 0.15) is 40.0 Å². The van der Waals surface area contributed by atoms with Crippen molar-refractivity contribution >= 4 is 11.6 Å². The maximum Gasteiger partial charge on any atom is 0.119 e. The fourth-order valence-electron chi connectivity index (χ4n) is 2.23. The molecule has 0 aliphatic carbocycles. The van der Waals surface area contributed by atoms with Gasteiger partial charge in [-0.1, -0.05) is 18.5 Å². The number of halogens is 1. The molecule has 2 atom stereocenters. The summed E-state index contributed by atoms with van der Waals surface area (Å²) in [5.41, 5.74) is 0.125. The minimum Gasteiger partial charge on any atom is -0.494 e. The molecule has 2 nitrogen and oxygen atoms in total. The number of epoxide rings is 1. The fraction of sp³-hybridized carbons (Fsp3) is 0.625. The number of ether oxygens (including phenoxy) is 2. The Morgan fingerprint density at radius 1 is 1.26 bits per heavy atom. The highest BCUT2D eigenvalue weighted by atomic mass is 35.5. The Morgan fingerprint density at radius 3 is 2.47 bits per heavy atom. The summed E-state index contributed by atoms with van der Waals surface area (Å²) in [6, 6.07) is 7.53. The Bertz CT molecular complexity index is 400. The highest BCUT2D eigenvalue weighted by molar-refractivity contribution is 6.30. The van der Waals surface area contributed by atoms with Gasteiger partial charge in [0.25, 0.3) is 0 Å². The van der Waals surface area contributed by atoms with Crippen LogP contribution in [0.25, 0.3) is 0 Å². The van der Waals surface area contributed by atoms with Crippen molar-refractivity contribution < 1.29 is 9.47 Å². The second kappa shape index (κ2) is 6.15. The monoisotopic (exact) mass is 282 g/mol. The maximum absolute atomic E-state index is 5.83. The van der Waals surface area contributed by atoms with E-state index in [2.05, 4.69) is 20.8 Å². The summed E-state index contributed by atoms with van der Waals surface area (Å²) in [6.07, 6.45) is 3.91. The van der Waals surface area contributed by atoms with Crippen LogP contribution in [0.5, 0.6) is 5.75 Å². The van der Waals surface area contributed by atoms with Crippen molar-refractivity contribution in [2.75, 3.05) is 6.61 Å². The molecule has 0 bridgehead atoms. The van der Waals surface area contributed by atoms with E-state index in [1.165, 1.54) is 6.42 Å². The first kappa shape index (κ1) is 14.7.